The van der Waals surface area contributed by atoms with Crippen molar-refractivity contribution in [2.24, 2.45) is 0 Å². The Balaban J connectivity index is 1.93. The number of pyridine rings is 1. The Labute approximate surface area is 118 Å². The highest BCUT2D eigenvalue weighted by Crippen LogP contribution is 2.17. The van der Waals surface area contributed by atoms with Crippen molar-refractivity contribution in [3.05, 3.63) is 52.3 Å². The van der Waals surface area contributed by atoms with Gasteiger partial charge in [-0.05, 0) is 19.1 Å². The summed E-state index contributed by atoms with van der Waals surface area (Å²) in [6.07, 6.45) is 1.42. The summed E-state index contributed by atoms with van der Waals surface area (Å²) in [5, 5.41) is 8.14. The number of fused-ring (bicyclic) bond motifs is 1. The van der Waals surface area contributed by atoms with E-state index in [4.69, 9.17) is 5.84 Å². The summed E-state index contributed by atoms with van der Waals surface area (Å²) in [4.78, 5) is 16.6. The smallest absolute Gasteiger partial charge is 0.258 e. The number of aryl methyl sites for hydroxylation is 1. The van der Waals surface area contributed by atoms with Crippen LogP contribution in [-0.4, -0.2) is 24.3 Å². The Morgan fingerprint density at radius 3 is 3.00 bits per heavy atom. The molecule has 3 aromatic rings. The van der Waals surface area contributed by atoms with Crippen LogP contribution in [0.5, 0.6) is 0 Å². The van der Waals surface area contributed by atoms with Crippen LogP contribution < -0.4 is 11.4 Å². The van der Waals surface area contributed by atoms with E-state index in [0.29, 0.717) is 22.3 Å². The number of hydrogen-bond donors (Lipinski definition) is 1. The largest absolute Gasteiger partial charge is 0.336 e. The molecule has 3 rings (SSSR count). The van der Waals surface area contributed by atoms with E-state index in [1.165, 1.54) is 28.8 Å². The lowest BCUT2D eigenvalue weighted by Crippen LogP contribution is -2.17. The first-order valence-corrected chi connectivity index (χ1v) is 6.90. The Kier molecular flexibility index (Phi) is 3.15. The molecule has 0 spiro atoms. The highest BCUT2D eigenvalue weighted by Gasteiger charge is 2.07. The fourth-order valence-corrected chi connectivity index (χ4v) is 2.64. The van der Waals surface area contributed by atoms with Gasteiger partial charge in [0.25, 0.3) is 5.56 Å². The zero-order valence-electron chi connectivity index (χ0n) is 10.7. The topological polar surface area (TPSA) is 91.1 Å². The van der Waals surface area contributed by atoms with Crippen LogP contribution in [0.25, 0.3) is 5.65 Å². The molecule has 102 valence electrons. The van der Waals surface area contributed by atoms with Crippen LogP contribution in [0.3, 0.4) is 0 Å². The van der Waals surface area contributed by atoms with Crippen molar-refractivity contribution in [2.75, 3.05) is 5.84 Å². The van der Waals surface area contributed by atoms with Gasteiger partial charge in [0.15, 0.2) is 0 Å². The minimum absolute atomic E-state index is 0.0853. The predicted molar refractivity (Wildman–Crippen MR) is 75.9 cm³/mol. The van der Waals surface area contributed by atoms with Crippen LogP contribution in [-0.2, 0) is 5.75 Å². The number of thioether (sulfide) groups is 1. The third-order valence-corrected chi connectivity index (χ3v) is 3.81. The molecule has 3 heterocycles. The van der Waals surface area contributed by atoms with Crippen molar-refractivity contribution >= 4 is 17.4 Å². The molecule has 0 atom stereocenters. The molecule has 0 unspecified atom stereocenters. The van der Waals surface area contributed by atoms with Crippen molar-refractivity contribution in [2.45, 2.75) is 17.8 Å². The van der Waals surface area contributed by atoms with Gasteiger partial charge in [-0.15, -0.1) is 10.2 Å². The predicted octanol–water partition coefficient (Wildman–Crippen LogP) is 0.601. The van der Waals surface area contributed by atoms with E-state index in [1.54, 1.807) is 4.40 Å². The van der Waals surface area contributed by atoms with E-state index in [1.807, 2.05) is 25.1 Å². The first kappa shape index (κ1) is 12.7. The van der Waals surface area contributed by atoms with E-state index in [-0.39, 0.29) is 5.56 Å². The molecule has 0 aromatic carbocycles. The molecule has 3 aromatic heterocycles. The molecule has 2 N–H and O–H groups in total. The second kappa shape index (κ2) is 4.97. The molecule has 0 radical (unpaired) electrons. The average molecular weight is 288 g/mol. The van der Waals surface area contributed by atoms with E-state index in [0.717, 1.165) is 5.69 Å². The van der Waals surface area contributed by atoms with Crippen LogP contribution in [0.15, 0.2) is 40.5 Å². The van der Waals surface area contributed by atoms with Gasteiger partial charge >= 0.3 is 0 Å². The van der Waals surface area contributed by atoms with Gasteiger partial charge in [-0.2, -0.15) is 0 Å². The van der Waals surface area contributed by atoms with Gasteiger partial charge in [0, 0.05) is 17.5 Å². The standard InChI is InChI=1S/C12H12N6OS/c1-8-3-2-4-10-15-9(5-11(19)18(8)10)6-20-12-16-14-7-17(12)13/h2-5,7H,6,13H2,1H3. The minimum Gasteiger partial charge on any atom is -0.336 e. The van der Waals surface area contributed by atoms with Crippen LogP contribution >= 0.6 is 11.8 Å². The molecule has 8 heteroatoms. The second-order valence-electron chi connectivity index (χ2n) is 4.26. The number of nitrogens with two attached hydrogens (primary N) is 1. The maximum atomic E-state index is 12.1. The summed E-state index contributed by atoms with van der Waals surface area (Å²) in [6, 6.07) is 7.10. The van der Waals surface area contributed by atoms with Crippen molar-refractivity contribution in [1.29, 1.82) is 0 Å². The number of nitrogen functional groups attached to an aromatic ring is 1. The summed E-state index contributed by atoms with van der Waals surface area (Å²) in [7, 11) is 0. The Hall–Kier alpha value is -2.35. The number of nitrogens with zero attached hydrogens (tertiary/aromatic N) is 5. The molecular weight excluding hydrogens is 276 g/mol. The Morgan fingerprint density at radius 1 is 1.40 bits per heavy atom. The summed E-state index contributed by atoms with van der Waals surface area (Å²) < 4.78 is 2.92. The Morgan fingerprint density at radius 2 is 2.25 bits per heavy atom. The molecule has 0 saturated heterocycles. The van der Waals surface area contributed by atoms with Crippen LogP contribution in [0, 0.1) is 6.92 Å². The lowest BCUT2D eigenvalue weighted by molar-refractivity contribution is 0.845. The summed E-state index contributed by atoms with van der Waals surface area (Å²) in [5.74, 6) is 6.14. The van der Waals surface area contributed by atoms with Gasteiger partial charge in [-0.25, -0.2) is 9.66 Å². The molecule has 0 bridgehead atoms. The molecule has 7 nitrogen and oxygen atoms in total. The molecule has 0 aliphatic heterocycles. The van der Waals surface area contributed by atoms with Crippen molar-refractivity contribution in [3.8, 4) is 0 Å². The quantitative estimate of drug-likeness (QED) is 0.560. The summed E-state index contributed by atoms with van der Waals surface area (Å²) in [6.45, 7) is 1.88. The highest BCUT2D eigenvalue weighted by molar-refractivity contribution is 7.98. The third kappa shape index (κ3) is 2.25. The monoisotopic (exact) mass is 288 g/mol. The van der Waals surface area contributed by atoms with Gasteiger partial charge in [-0.3, -0.25) is 9.20 Å². The molecule has 0 saturated carbocycles. The molecule has 20 heavy (non-hydrogen) atoms. The zero-order chi connectivity index (χ0) is 14.1. The minimum atomic E-state index is -0.0853. The van der Waals surface area contributed by atoms with Crippen molar-refractivity contribution < 1.29 is 0 Å². The molecule has 0 aliphatic carbocycles. The lowest BCUT2D eigenvalue weighted by atomic mass is 10.3. The molecule has 0 amide bonds. The maximum Gasteiger partial charge on any atom is 0.258 e. The Bertz CT molecular complexity index is 824. The van der Waals surface area contributed by atoms with Crippen molar-refractivity contribution in [1.82, 2.24) is 24.3 Å². The maximum absolute atomic E-state index is 12.1. The third-order valence-electron chi connectivity index (χ3n) is 2.82. The second-order valence-corrected chi connectivity index (χ2v) is 5.20. The number of hydrogen-bond acceptors (Lipinski definition) is 6. The summed E-state index contributed by atoms with van der Waals surface area (Å²) >= 11 is 1.38. The van der Waals surface area contributed by atoms with E-state index in [9.17, 15) is 4.79 Å². The van der Waals surface area contributed by atoms with Gasteiger partial charge in [-0.1, -0.05) is 17.8 Å². The first-order chi connectivity index (χ1) is 9.65. The van der Waals surface area contributed by atoms with Gasteiger partial charge in [0.1, 0.15) is 12.0 Å². The SMILES string of the molecule is Cc1cccc2nc(CSc3nncn3N)cc(=O)n12. The number of aromatic nitrogens is 5. The van der Waals surface area contributed by atoms with Gasteiger partial charge in [0.2, 0.25) is 5.16 Å². The van der Waals surface area contributed by atoms with Crippen molar-refractivity contribution in [3.63, 3.8) is 0 Å². The lowest BCUT2D eigenvalue weighted by Gasteiger charge is -2.06. The van der Waals surface area contributed by atoms with E-state index in [2.05, 4.69) is 15.2 Å². The normalized spacial score (nSPS) is 11.1. The zero-order valence-corrected chi connectivity index (χ0v) is 11.5. The highest BCUT2D eigenvalue weighted by atomic mass is 32.2. The fourth-order valence-electron chi connectivity index (χ4n) is 1.91. The van der Waals surface area contributed by atoms with Crippen LogP contribution in [0.4, 0.5) is 0 Å². The van der Waals surface area contributed by atoms with Crippen LogP contribution in [0.1, 0.15) is 11.4 Å². The van der Waals surface area contributed by atoms with E-state index < -0.39 is 0 Å². The molecular formula is C12H12N6OS. The molecule has 0 aliphatic rings. The molecule has 0 fully saturated rings. The van der Waals surface area contributed by atoms with Gasteiger partial charge < -0.3 is 5.84 Å². The average Bonchev–Trinajstić information content (AvgIpc) is 2.81. The number of rotatable bonds is 3. The van der Waals surface area contributed by atoms with E-state index >= 15 is 0 Å². The van der Waals surface area contributed by atoms with Gasteiger partial charge in [0.05, 0.1) is 5.69 Å². The van der Waals surface area contributed by atoms with Crippen LogP contribution in [0.2, 0.25) is 0 Å². The first-order valence-electron chi connectivity index (χ1n) is 5.91. The summed E-state index contributed by atoms with van der Waals surface area (Å²) in [5.41, 5.74) is 2.11. The fraction of sp³-hybridized carbons (Fsp3) is 0.167.